The Morgan fingerprint density at radius 3 is 2.47 bits per heavy atom. The molecule has 2 aromatic rings. The van der Waals surface area contributed by atoms with E-state index < -0.39 is 12.1 Å². The van der Waals surface area contributed by atoms with Crippen molar-refractivity contribution in [1.82, 2.24) is 0 Å². The molecule has 0 aliphatic carbocycles. The molecule has 5 rings (SSSR count). The highest BCUT2D eigenvalue weighted by Gasteiger charge is 2.40. The second-order valence-electron chi connectivity index (χ2n) is 8.03. The Morgan fingerprint density at radius 1 is 1.03 bits per heavy atom. The quantitative estimate of drug-likeness (QED) is 0.526. The lowest BCUT2D eigenvalue weighted by molar-refractivity contribution is -0.134. The van der Waals surface area contributed by atoms with Crippen LogP contribution in [0.4, 0.5) is 0 Å². The molecule has 0 unspecified atom stereocenters. The van der Waals surface area contributed by atoms with Crippen molar-refractivity contribution in [3.63, 3.8) is 0 Å². The molecule has 0 saturated carbocycles. The first kappa shape index (κ1) is 20.3. The molecule has 0 fully saturated rings. The van der Waals surface area contributed by atoms with Gasteiger partial charge >= 0.3 is 5.97 Å². The van der Waals surface area contributed by atoms with Crippen LogP contribution in [0.2, 0.25) is 0 Å². The molecule has 3 aliphatic heterocycles. The highest BCUT2D eigenvalue weighted by molar-refractivity contribution is 5.99. The molecule has 3 aliphatic rings. The third-order valence-corrected chi connectivity index (χ3v) is 5.91. The average molecular weight is 436 g/mol. The number of hydrogen-bond acceptors (Lipinski definition) is 7. The average Bonchev–Trinajstić information content (AvgIpc) is 3.22. The summed E-state index contributed by atoms with van der Waals surface area (Å²) in [6.07, 6.45) is 0.0756. The van der Waals surface area contributed by atoms with E-state index in [0.29, 0.717) is 40.7 Å². The van der Waals surface area contributed by atoms with Crippen LogP contribution in [-0.2, 0) is 16.0 Å². The van der Waals surface area contributed by atoms with Gasteiger partial charge < -0.3 is 28.4 Å². The van der Waals surface area contributed by atoms with Crippen molar-refractivity contribution in [3.8, 4) is 28.7 Å². The maximum atomic E-state index is 12.1. The maximum absolute atomic E-state index is 12.1. The Hall–Kier alpha value is -3.61. The van der Waals surface area contributed by atoms with Crippen LogP contribution in [0.25, 0.3) is 11.3 Å². The molecule has 0 bridgehead atoms. The predicted octanol–water partition coefficient (Wildman–Crippen LogP) is 4.17. The Bertz CT molecular complexity index is 1180. The van der Waals surface area contributed by atoms with Gasteiger partial charge in [0.15, 0.2) is 17.6 Å². The van der Waals surface area contributed by atoms with E-state index in [9.17, 15) is 4.79 Å². The minimum absolute atomic E-state index is 0.109. The summed E-state index contributed by atoms with van der Waals surface area (Å²) in [5.41, 5.74) is 4.07. The van der Waals surface area contributed by atoms with Crippen molar-refractivity contribution in [2.45, 2.75) is 32.5 Å². The summed E-state index contributed by atoms with van der Waals surface area (Å²) >= 11 is 0. The lowest BCUT2D eigenvalue weighted by Gasteiger charge is -2.35. The smallest absolute Gasteiger partial charge is 0.308 e. The van der Waals surface area contributed by atoms with E-state index in [0.717, 1.165) is 28.0 Å². The van der Waals surface area contributed by atoms with Gasteiger partial charge in [-0.2, -0.15) is 0 Å². The van der Waals surface area contributed by atoms with Gasteiger partial charge in [0.05, 0.1) is 25.4 Å². The van der Waals surface area contributed by atoms with Crippen LogP contribution in [0, 0.1) is 0 Å². The molecule has 0 saturated heterocycles. The van der Waals surface area contributed by atoms with Gasteiger partial charge in [-0.05, 0) is 30.7 Å². The first-order valence-electron chi connectivity index (χ1n) is 10.4. The van der Waals surface area contributed by atoms with Gasteiger partial charge in [0.1, 0.15) is 35.7 Å². The van der Waals surface area contributed by atoms with Crippen LogP contribution in [0.1, 0.15) is 30.5 Å². The number of ether oxygens (including phenoxy) is 6. The number of fused-ring (bicyclic) bond motifs is 6. The van der Waals surface area contributed by atoms with Crippen LogP contribution in [-0.4, -0.2) is 39.0 Å². The van der Waals surface area contributed by atoms with Crippen molar-refractivity contribution < 1.29 is 33.2 Å². The number of benzene rings is 2. The maximum Gasteiger partial charge on any atom is 0.308 e. The zero-order chi connectivity index (χ0) is 22.6. The van der Waals surface area contributed by atoms with E-state index in [4.69, 9.17) is 28.4 Å². The first-order chi connectivity index (χ1) is 15.4. The number of methoxy groups -OCH3 is 2. The third kappa shape index (κ3) is 3.07. The Morgan fingerprint density at radius 2 is 1.78 bits per heavy atom. The summed E-state index contributed by atoms with van der Waals surface area (Å²) in [7, 11) is 3.14. The molecule has 0 N–H and O–H groups in total. The zero-order valence-corrected chi connectivity index (χ0v) is 18.4. The predicted molar refractivity (Wildman–Crippen MR) is 117 cm³/mol. The summed E-state index contributed by atoms with van der Waals surface area (Å²) in [6, 6.07) is 7.35. The molecule has 0 radical (unpaired) electrons. The molecule has 32 heavy (non-hydrogen) atoms. The molecule has 3 heterocycles. The van der Waals surface area contributed by atoms with Gasteiger partial charge in [-0.15, -0.1) is 0 Å². The molecule has 166 valence electrons. The van der Waals surface area contributed by atoms with Gasteiger partial charge in [0.2, 0.25) is 0 Å². The Kier molecular flexibility index (Phi) is 4.77. The topological polar surface area (TPSA) is 72.5 Å². The molecular formula is C25H24O7. The number of rotatable bonds is 4. The van der Waals surface area contributed by atoms with Gasteiger partial charge in [0, 0.05) is 30.5 Å². The van der Waals surface area contributed by atoms with E-state index in [1.165, 1.54) is 6.92 Å². The molecule has 7 nitrogen and oxygen atoms in total. The molecule has 2 aromatic carbocycles. The van der Waals surface area contributed by atoms with Crippen LogP contribution >= 0.6 is 0 Å². The van der Waals surface area contributed by atoms with Crippen LogP contribution < -0.4 is 23.7 Å². The molecular weight excluding hydrogens is 412 g/mol. The number of carbonyl (C=O) groups excluding carboxylic acids is 1. The SMILES string of the molecule is C=C(C)[C@H]1Cc2c(ccc3c2O[C@@H]2COc4cc(OC)c(OC)cc4C2=C3OC(C)=O)O1. The van der Waals surface area contributed by atoms with Crippen LogP contribution in [0.15, 0.2) is 36.4 Å². The normalized spacial score (nSPS) is 19.9. The summed E-state index contributed by atoms with van der Waals surface area (Å²) in [6.45, 7) is 7.61. The van der Waals surface area contributed by atoms with Crippen LogP contribution in [0.5, 0.6) is 28.7 Å². The highest BCUT2D eigenvalue weighted by Crippen LogP contribution is 2.51. The fraction of sp³-hybridized carbons (Fsp3) is 0.320. The second-order valence-corrected chi connectivity index (χ2v) is 8.03. The fourth-order valence-corrected chi connectivity index (χ4v) is 4.40. The number of carbonyl (C=O) groups is 1. The van der Waals surface area contributed by atoms with E-state index >= 15 is 0 Å². The molecule has 0 amide bonds. The summed E-state index contributed by atoms with van der Waals surface area (Å²) in [5.74, 6) is 3.17. The van der Waals surface area contributed by atoms with Gasteiger partial charge in [-0.25, -0.2) is 0 Å². The highest BCUT2D eigenvalue weighted by atomic mass is 16.6. The standard InChI is InChI=1S/C25H24O7/c1-12(2)18-9-16-17(31-18)7-6-14-24(16)32-22-11-29-19-10-21(28-5)20(27-4)8-15(19)23(22)25(14)30-13(3)26/h6-8,10,18,22H,1,9,11H2,2-5H3/t18-,22-/m1/s1. The Balaban J connectivity index is 1.72. The number of hydrogen-bond donors (Lipinski definition) is 0. The van der Waals surface area contributed by atoms with Crippen molar-refractivity contribution in [1.29, 1.82) is 0 Å². The lowest BCUT2D eigenvalue weighted by Crippen LogP contribution is -2.34. The minimum atomic E-state index is -0.460. The zero-order valence-electron chi connectivity index (χ0n) is 18.4. The van der Waals surface area contributed by atoms with Gasteiger partial charge in [-0.1, -0.05) is 6.58 Å². The molecule has 0 spiro atoms. The monoisotopic (exact) mass is 436 g/mol. The van der Waals surface area contributed by atoms with Crippen LogP contribution in [0.3, 0.4) is 0 Å². The van der Waals surface area contributed by atoms with E-state index in [1.807, 2.05) is 25.1 Å². The van der Waals surface area contributed by atoms with E-state index in [2.05, 4.69) is 6.58 Å². The summed E-state index contributed by atoms with van der Waals surface area (Å²) in [4.78, 5) is 12.1. The molecule has 0 aromatic heterocycles. The largest absolute Gasteiger partial charge is 0.493 e. The van der Waals surface area contributed by atoms with Gasteiger partial charge in [-0.3, -0.25) is 4.79 Å². The third-order valence-electron chi connectivity index (χ3n) is 5.91. The first-order valence-corrected chi connectivity index (χ1v) is 10.4. The van der Waals surface area contributed by atoms with Crippen molar-refractivity contribution in [3.05, 3.63) is 53.1 Å². The van der Waals surface area contributed by atoms with Crippen molar-refractivity contribution in [2.24, 2.45) is 0 Å². The fourth-order valence-electron chi connectivity index (χ4n) is 4.40. The van der Waals surface area contributed by atoms with Gasteiger partial charge in [0.25, 0.3) is 0 Å². The van der Waals surface area contributed by atoms with E-state index in [1.54, 1.807) is 20.3 Å². The molecule has 2 atom stereocenters. The lowest BCUT2D eigenvalue weighted by atomic mass is 9.89. The minimum Gasteiger partial charge on any atom is -0.493 e. The molecule has 7 heteroatoms. The Labute approximate surface area is 186 Å². The summed E-state index contributed by atoms with van der Waals surface area (Å²) in [5, 5.41) is 0. The van der Waals surface area contributed by atoms with Crippen molar-refractivity contribution in [2.75, 3.05) is 20.8 Å². The number of esters is 1. The second kappa shape index (κ2) is 7.51. The summed E-state index contributed by atoms with van der Waals surface area (Å²) < 4.78 is 35.2. The van der Waals surface area contributed by atoms with E-state index in [-0.39, 0.29) is 12.7 Å². The van der Waals surface area contributed by atoms with Crippen molar-refractivity contribution >= 4 is 17.3 Å².